The zero-order valence-corrected chi connectivity index (χ0v) is 11.0. The maximum atomic E-state index is 12.1. The van der Waals surface area contributed by atoms with E-state index in [1.165, 1.54) is 29.1 Å². The van der Waals surface area contributed by atoms with Crippen molar-refractivity contribution in [1.29, 1.82) is 0 Å². The Balaban J connectivity index is 2.37. The Kier molecular flexibility index (Phi) is 3.18. The zero-order valence-electron chi connectivity index (χ0n) is 9.46. The summed E-state index contributed by atoms with van der Waals surface area (Å²) < 4.78 is 27.9. The Hall–Kier alpha value is -1.73. The summed E-state index contributed by atoms with van der Waals surface area (Å²) in [7, 11) is -2.06. The third kappa shape index (κ3) is 2.41. The van der Waals surface area contributed by atoms with Crippen LogP contribution in [0.1, 0.15) is 0 Å². The normalized spacial score (nSPS) is 11.4. The van der Waals surface area contributed by atoms with E-state index in [0.29, 0.717) is 10.8 Å². The Morgan fingerprint density at radius 1 is 1.39 bits per heavy atom. The van der Waals surface area contributed by atoms with Crippen LogP contribution in [0.15, 0.2) is 35.4 Å². The molecule has 0 amide bonds. The van der Waals surface area contributed by atoms with Crippen molar-refractivity contribution in [1.82, 2.24) is 9.78 Å². The highest BCUT2D eigenvalue weighted by molar-refractivity contribution is 7.92. The first-order valence-corrected chi connectivity index (χ1v) is 6.82. The van der Waals surface area contributed by atoms with Crippen LogP contribution in [-0.2, 0) is 17.1 Å². The molecule has 0 radical (unpaired) electrons. The van der Waals surface area contributed by atoms with Crippen LogP contribution in [0.5, 0.6) is 0 Å². The Morgan fingerprint density at radius 3 is 2.67 bits per heavy atom. The van der Waals surface area contributed by atoms with Gasteiger partial charge < -0.3 is 5.73 Å². The van der Waals surface area contributed by atoms with Crippen molar-refractivity contribution in [3.8, 4) is 0 Å². The molecule has 1 aromatic heterocycles. The van der Waals surface area contributed by atoms with Crippen molar-refractivity contribution in [2.75, 3.05) is 10.5 Å². The molecule has 1 heterocycles. The van der Waals surface area contributed by atoms with E-state index in [9.17, 15) is 8.42 Å². The summed E-state index contributed by atoms with van der Waals surface area (Å²) in [4.78, 5) is 0.0469. The molecule has 1 aromatic carbocycles. The summed E-state index contributed by atoms with van der Waals surface area (Å²) in [5, 5.41) is 4.18. The van der Waals surface area contributed by atoms with Crippen LogP contribution in [0.3, 0.4) is 0 Å². The van der Waals surface area contributed by atoms with Gasteiger partial charge in [0.2, 0.25) is 0 Å². The molecule has 2 aromatic rings. The molecular weight excluding hydrogens is 276 g/mol. The molecular formula is C10H11ClN4O2S. The summed E-state index contributed by atoms with van der Waals surface area (Å²) in [6, 6.07) is 5.68. The van der Waals surface area contributed by atoms with Crippen LogP contribution in [0.2, 0.25) is 5.02 Å². The molecule has 96 valence electrons. The average Bonchev–Trinajstić information content (AvgIpc) is 2.67. The fourth-order valence-electron chi connectivity index (χ4n) is 1.36. The average molecular weight is 287 g/mol. The minimum absolute atomic E-state index is 0.0469. The van der Waals surface area contributed by atoms with Crippen LogP contribution >= 0.6 is 11.6 Å². The zero-order chi connectivity index (χ0) is 13.3. The third-order valence-electron chi connectivity index (χ3n) is 2.34. The van der Waals surface area contributed by atoms with Gasteiger partial charge in [-0.05, 0) is 18.2 Å². The summed E-state index contributed by atoms with van der Waals surface area (Å²) >= 11 is 5.74. The maximum absolute atomic E-state index is 12.1. The number of anilines is 2. The number of hydrogen-bond donors (Lipinski definition) is 2. The van der Waals surface area contributed by atoms with Crippen molar-refractivity contribution < 1.29 is 8.42 Å². The van der Waals surface area contributed by atoms with Gasteiger partial charge >= 0.3 is 0 Å². The molecule has 0 fully saturated rings. The van der Waals surface area contributed by atoms with Crippen LogP contribution in [-0.4, -0.2) is 18.2 Å². The number of aryl methyl sites for hydroxylation is 1. The lowest BCUT2D eigenvalue weighted by atomic mass is 10.3. The van der Waals surface area contributed by atoms with Crippen molar-refractivity contribution >= 4 is 33.1 Å². The number of nitrogens with one attached hydrogen (secondary N) is 1. The van der Waals surface area contributed by atoms with Crippen molar-refractivity contribution in [2.45, 2.75) is 4.90 Å². The predicted molar refractivity (Wildman–Crippen MR) is 69.9 cm³/mol. The fraction of sp³-hybridized carbons (Fsp3) is 0.100. The second kappa shape index (κ2) is 4.51. The van der Waals surface area contributed by atoms with E-state index in [0.717, 1.165) is 0 Å². The molecule has 0 aliphatic carbocycles. The molecule has 0 atom stereocenters. The highest BCUT2D eigenvalue weighted by Gasteiger charge is 2.16. The first-order chi connectivity index (χ1) is 8.40. The minimum atomic E-state index is -3.69. The lowest BCUT2D eigenvalue weighted by molar-refractivity contribution is 0.600. The number of halogens is 1. The number of hydrogen-bond acceptors (Lipinski definition) is 4. The number of benzene rings is 1. The quantitative estimate of drug-likeness (QED) is 0.836. The molecule has 0 aliphatic rings. The van der Waals surface area contributed by atoms with Gasteiger partial charge in [0.1, 0.15) is 5.82 Å². The number of nitrogen functional groups attached to an aromatic ring is 1. The second-order valence-corrected chi connectivity index (χ2v) is 5.72. The molecule has 0 saturated heterocycles. The predicted octanol–water partition coefficient (Wildman–Crippen LogP) is 1.46. The number of nitrogens with zero attached hydrogens (tertiary/aromatic N) is 2. The Bertz CT molecular complexity index is 681. The largest absolute Gasteiger partial charge is 0.397 e. The molecule has 6 nitrogen and oxygen atoms in total. The molecule has 0 spiro atoms. The number of sulfonamides is 1. The second-order valence-electron chi connectivity index (χ2n) is 3.63. The number of nitrogens with two attached hydrogens (primary N) is 1. The van der Waals surface area contributed by atoms with Gasteiger partial charge in [0.15, 0.2) is 0 Å². The molecule has 0 saturated carbocycles. The van der Waals surface area contributed by atoms with Crippen LogP contribution in [0.4, 0.5) is 11.5 Å². The first kappa shape index (κ1) is 12.7. The van der Waals surface area contributed by atoms with E-state index in [4.69, 9.17) is 17.3 Å². The van der Waals surface area contributed by atoms with Crippen molar-refractivity contribution in [2.24, 2.45) is 7.05 Å². The van der Waals surface area contributed by atoms with Gasteiger partial charge in [0.05, 0.1) is 21.8 Å². The molecule has 3 N–H and O–H groups in total. The van der Waals surface area contributed by atoms with E-state index in [1.807, 2.05) is 0 Å². The van der Waals surface area contributed by atoms with E-state index in [2.05, 4.69) is 9.82 Å². The fourth-order valence-corrected chi connectivity index (χ4v) is 2.60. The lowest BCUT2D eigenvalue weighted by Gasteiger charge is -2.09. The highest BCUT2D eigenvalue weighted by atomic mass is 35.5. The minimum Gasteiger partial charge on any atom is -0.397 e. The van der Waals surface area contributed by atoms with Crippen LogP contribution < -0.4 is 10.5 Å². The van der Waals surface area contributed by atoms with E-state index >= 15 is 0 Å². The molecule has 0 aliphatic heterocycles. The van der Waals surface area contributed by atoms with Crippen molar-refractivity contribution in [3.63, 3.8) is 0 Å². The topological polar surface area (TPSA) is 90.0 Å². The first-order valence-electron chi connectivity index (χ1n) is 4.96. The van der Waals surface area contributed by atoms with Gasteiger partial charge in [-0.3, -0.25) is 9.40 Å². The van der Waals surface area contributed by atoms with Crippen LogP contribution in [0.25, 0.3) is 0 Å². The number of aromatic nitrogens is 2. The van der Waals surface area contributed by atoms with E-state index < -0.39 is 10.0 Å². The third-order valence-corrected chi connectivity index (χ3v) is 4.03. The Morgan fingerprint density at radius 2 is 2.11 bits per heavy atom. The molecule has 18 heavy (non-hydrogen) atoms. The summed E-state index contributed by atoms with van der Waals surface area (Å²) in [6.07, 6.45) is 1.49. The van der Waals surface area contributed by atoms with Gasteiger partial charge in [-0.25, -0.2) is 8.42 Å². The number of rotatable bonds is 3. The van der Waals surface area contributed by atoms with Gasteiger partial charge in [-0.2, -0.15) is 5.10 Å². The molecule has 2 rings (SSSR count). The van der Waals surface area contributed by atoms with Gasteiger partial charge in [0, 0.05) is 13.1 Å². The van der Waals surface area contributed by atoms with Gasteiger partial charge in [-0.1, -0.05) is 11.6 Å². The Labute approximate surface area is 109 Å². The van der Waals surface area contributed by atoms with Gasteiger partial charge in [-0.15, -0.1) is 0 Å². The molecule has 0 bridgehead atoms. The lowest BCUT2D eigenvalue weighted by Crippen LogP contribution is -2.15. The van der Waals surface area contributed by atoms with E-state index in [-0.39, 0.29) is 10.6 Å². The monoisotopic (exact) mass is 286 g/mol. The summed E-state index contributed by atoms with van der Waals surface area (Å²) in [6.45, 7) is 0. The SMILES string of the molecule is Cn1nccc1NS(=O)(=O)c1ccc(Cl)c(N)c1. The smallest absolute Gasteiger partial charge is 0.263 e. The van der Waals surface area contributed by atoms with Gasteiger partial charge in [0.25, 0.3) is 10.0 Å². The summed E-state index contributed by atoms with van der Waals surface area (Å²) in [5.74, 6) is 0.364. The standard InChI is InChI=1S/C10H11ClN4O2S/c1-15-10(4-5-13-15)14-18(16,17)7-2-3-8(11)9(12)6-7/h2-6,14H,12H2,1H3. The molecule has 8 heteroatoms. The van der Waals surface area contributed by atoms with E-state index in [1.54, 1.807) is 13.1 Å². The van der Waals surface area contributed by atoms with Crippen LogP contribution in [0, 0.1) is 0 Å². The highest BCUT2D eigenvalue weighted by Crippen LogP contribution is 2.23. The summed E-state index contributed by atoms with van der Waals surface area (Å²) in [5.41, 5.74) is 5.79. The van der Waals surface area contributed by atoms with Crippen molar-refractivity contribution in [3.05, 3.63) is 35.5 Å². The maximum Gasteiger partial charge on any atom is 0.263 e. The molecule has 0 unspecified atom stereocenters.